The summed E-state index contributed by atoms with van der Waals surface area (Å²) in [4.78, 5) is 22.9. The van der Waals surface area contributed by atoms with Gasteiger partial charge < -0.3 is 10.4 Å². The van der Waals surface area contributed by atoms with Crippen molar-refractivity contribution in [1.29, 1.82) is 0 Å². The summed E-state index contributed by atoms with van der Waals surface area (Å²) in [6, 6.07) is 8.14. The highest BCUT2D eigenvalue weighted by Gasteiger charge is 2.31. The minimum absolute atomic E-state index is 0.200. The van der Waals surface area contributed by atoms with Crippen LogP contribution in [-0.4, -0.2) is 22.5 Å². The van der Waals surface area contributed by atoms with Crippen LogP contribution < -0.4 is 5.32 Å². The highest BCUT2D eigenvalue weighted by molar-refractivity contribution is 5.86. The molecule has 4 nitrogen and oxygen atoms in total. The highest BCUT2D eigenvalue weighted by Crippen LogP contribution is 2.35. The Bertz CT molecular complexity index is 508. The van der Waals surface area contributed by atoms with Gasteiger partial charge in [-0.15, -0.1) is 0 Å². The number of aryl methyl sites for hydroxylation is 1. The Balaban J connectivity index is 2.00. The quantitative estimate of drug-likeness (QED) is 0.872. The van der Waals surface area contributed by atoms with E-state index in [2.05, 4.69) is 17.4 Å². The summed E-state index contributed by atoms with van der Waals surface area (Å²) >= 11 is 0. The number of rotatable bonds is 4. The second kappa shape index (κ2) is 5.03. The molecule has 1 aliphatic carbocycles. The number of carboxylic acids is 1. The maximum Gasteiger partial charge on any atom is 0.328 e. The van der Waals surface area contributed by atoms with Crippen molar-refractivity contribution in [1.82, 2.24) is 5.32 Å². The van der Waals surface area contributed by atoms with Gasteiger partial charge >= 0.3 is 5.97 Å². The summed E-state index contributed by atoms with van der Waals surface area (Å²) in [5.41, 5.74) is 1.32. The topological polar surface area (TPSA) is 66.4 Å². The van der Waals surface area contributed by atoms with E-state index in [0.29, 0.717) is 6.42 Å². The molecule has 0 radical (unpaired) electrons. The van der Waals surface area contributed by atoms with Gasteiger partial charge in [0.2, 0.25) is 5.91 Å². The third-order valence-corrected chi connectivity index (χ3v) is 3.68. The fraction of sp³-hybridized carbons (Fsp3) is 0.467. The maximum absolute atomic E-state index is 12.0. The van der Waals surface area contributed by atoms with Crippen LogP contribution in [0.2, 0.25) is 0 Å². The van der Waals surface area contributed by atoms with Crippen molar-refractivity contribution in [3.63, 3.8) is 0 Å². The highest BCUT2D eigenvalue weighted by atomic mass is 16.4. The average Bonchev–Trinajstić information content (AvgIpc) is 2.72. The van der Waals surface area contributed by atoms with E-state index in [1.165, 1.54) is 25.0 Å². The van der Waals surface area contributed by atoms with Crippen molar-refractivity contribution < 1.29 is 14.7 Å². The Labute approximate surface area is 112 Å². The molecule has 0 saturated heterocycles. The van der Waals surface area contributed by atoms with Crippen LogP contribution in [0, 0.1) is 0 Å². The van der Waals surface area contributed by atoms with E-state index in [1.807, 2.05) is 12.1 Å². The van der Waals surface area contributed by atoms with Crippen LogP contribution in [0.25, 0.3) is 0 Å². The molecule has 0 bridgehead atoms. The summed E-state index contributed by atoms with van der Waals surface area (Å²) in [6.07, 6.45) is 2.31. The number of hydrogen-bond donors (Lipinski definition) is 2. The Hall–Kier alpha value is -1.84. The lowest BCUT2D eigenvalue weighted by atomic mass is 9.96. The molecule has 19 heavy (non-hydrogen) atoms. The third-order valence-electron chi connectivity index (χ3n) is 3.68. The molecule has 2 rings (SSSR count). The molecular formula is C15H19NO3. The number of fused-ring (bicyclic) bond motifs is 1. The Morgan fingerprint density at radius 2 is 2.05 bits per heavy atom. The van der Waals surface area contributed by atoms with Crippen molar-refractivity contribution in [2.24, 2.45) is 0 Å². The molecule has 1 aromatic rings. The van der Waals surface area contributed by atoms with Gasteiger partial charge in [-0.1, -0.05) is 24.3 Å². The molecule has 0 fully saturated rings. The summed E-state index contributed by atoms with van der Waals surface area (Å²) in [7, 11) is 0. The minimum atomic E-state index is -1.21. The molecule has 0 aromatic heterocycles. The van der Waals surface area contributed by atoms with Gasteiger partial charge in [0.15, 0.2) is 0 Å². The molecule has 4 heteroatoms. The normalized spacial score (nSPS) is 17.9. The van der Waals surface area contributed by atoms with E-state index < -0.39 is 11.5 Å². The smallest absolute Gasteiger partial charge is 0.328 e. The fourth-order valence-corrected chi connectivity index (χ4v) is 2.53. The molecule has 0 unspecified atom stereocenters. The first-order valence-corrected chi connectivity index (χ1v) is 6.52. The predicted octanol–water partition coefficient (Wildman–Crippen LogP) is 2.09. The third kappa shape index (κ3) is 2.95. The molecule has 1 amide bonds. The van der Waals surface area contributed by atoms with Crippen LogP contribution in [0.15, 0.2) is 24.3 Å². The lowest BCUT2D eigenvalue weighted by Crippen LogP contribution is -2.49. The molecule has 0 heterocycles. The average molecular weight is 261 g/mol. The van der Waals surface area contributed by atoms with E-state index in [-0.39, 0.29) is 11.8 Å². The summed E-state index contributed by atoms with van der Waals surface area (Å²) in [6.45, 7) is 2.99. The lowest BCUT2D eigenvalue weighted by Gasteiger charge is -2.22. The SMILES string of the molecule is CC(C)(NC(=O)C[C@H]1CCc2ccccc21)C(=O)O. The predicted molar refractivity (Wildman–Crippen MR) is 72.0 cm³/mol. The Morgan fingerprint density at radius 3 is 2.74 bits per heavy atom. The number of aliphatic carboxylic acids is 1. The van der Waals surface area contributed by atoms with Gasteiger partial charge in [-0.25, -0.2) is 4.79 Å². The van der Waals surface area contributed by atoms with E-state index in [0.717, 1.165) is 12.8 Å². The van der Waals surface area contributed by atoms with Crippen molar-refractivity contribution in [2.75, 3.05) is 0 Å². The van der Waals surface area contributed by atoms with Crippen LogP contribution in [0.3, 0.4) is 0 Å². The number of carbonyl (C=O) groups is 2. The fourth-order valence-electron chi connectivity index (χ4n) is 2.53. The first-order chi connectivity index (χ1) is 8.90. The zero-order valence-electron chi connectivity index (χ0n) is 11.3. The van der Waals surface area contributed by atoms with E-state index in [4.69, 9.17) is 5.11 Å². The van der Waals surface area contributed by atoms with Crippen LogP contribution in [-0.2, 0) is 16.0 Å². The zero-order valence-corrected chi connectivity index (χ0v) is 11.3. The van der Waals surface area contributed by atoms with Gasteiger partial charge in [0.1, 0.15) is 5.54 Å². The van der Waals surface area contributed by atoms with Gasteiger partial charge in [0, 0.05) is 6.42 Å². The molecule has 1 atom stereocenters. The largest absolute Gasteiger partial charge is 0.480 e. The van der Waals surface area contributed by atoms with Gasteiger partial charge in [0.25, 0.3) is 0 Å². The van der Waals surface area contributed by atoms with E-state index in [1.54, 1.807) is 0 Å². The van der Waals surface area contributed by atoms with Crippen molar-refractivity contribution in [2.45, 2.75) is 44.6 Å². The standard InChI is InChI=1S/C15H19NO3/c1-15(2,14(18)19)16-13(17)9-11-8-7-10-5-3-4-6-12(10)11/h3-6,11H,7-9H2,1-2H3,(H,16,17)(H,18,19)/t11-/m1/s1. The Morgan fingerprint density at radius 1 is 1.37 bits per heavy atom. The summed E-state index contributed by atoms with van der Waals surface area (Å²) in [5.74, 6) is -1.01. The number of amides is 1. The number of nitrogens with one attached hydrogen (secondary N) is 1. The van der Waals surface area contributed by atoms with Crippen LogP contribution in [0.1, 0.15) is 43.7 Å². The Kier molecular flexibility index (Phi) is 3.60. The molecule has 1 aromatic carbocycles. The van der Waals surface area contributed by atoms with Crippen LogP contribution >= 0.6 is 0 Å². The van der Waals surface area contributed by atoms with Crippen molar-refractivity contribution in [3.8, 4) is 0 Å². The minimum Gasteiger partial charge on any atom is -0.480 e. The molecule has 102 valence electrons. The number of benzene rings is 1. The molecule has 0 spiro atoms. The molecule has 0 saturated carbocycles. The first-order valence-electron chi connectivity index (χ1n) is 6.52. The van der Waals surface area contributed by atoms with Crippen molar-refractivity contribution >= 4 is 11.9 Å². The van der Waals surface area contributed by atoms with Crippen LogP contribution in [0.5, 0.6) is 0 Å². The maximum atomic E-state index is 12.0. The lowest BCUT2D eigenvalue weighted by molar-refractivity contribution is -0.146. The van der Waals surface area contributed by atoms with Gasteiger partial charge in [-0.05, 0) is 43.7 Å². The summed E-state index contributed by atoms with van der Waals surface area (Å²) in [5, 5.41) is 11.6. The zero-order chi connectivity index (χ0) is 14.0. The van der Waals surface area contributed by atoms with Gasteiger partial charge in [-0.3, -0.25) is 4.79 Å². The van der Waals surface area contributed by atoms with Gasteiger partial charge in [-0.2, -0.15) is 0 Å². The molecular weight excluding hydrogens is 242 g/mol. The number of hydrogen-bond acceptors (Lipinski definition) is 2. The first kappa shape index (κ1) is 13.6. The summed E-state index contributed by atoms with van der Waals surface area (Å²) < 4.78 is 0. The molecule has 0 aliphatic heterocycles. The van der Waals surface area contributed by atoms with Crippen molar-refractivity contribution in [3.05, 3.63) is 35.4 Å². The van der Waals surface area contributed by atoms with E-state index in [9.17, 15) is 9.59 Å². The van der Waals surface area contributed by atoms with E-state index >= 15 is 0 Å². The number of carbonyl (C=O) groups excluding carboxylic acids is 1. The van der Waals surface area contributed by atoms with Crippen LogP contribution in [0.4, 0.5) is 0 Å². The molecule has 1 aliphatic rings. The second-order valence-electron chi connectivity index (χ2n) is 5.62. The molecule has 2 N–H and O–H groups in total. The second-order valence-corrected chi connectivity index (χ2v) is 5.62. The monoisotopic (exact) mass is 261 g/mol. The number of carboxylic acid groups (broad SMARTS) is 1. The van der Waals surface area contributed by atoms with Gasteiger partial charge in [0.05, 0.1) is 0 Å².